The summed E-state index contributed by atoms with van der Waals surface area (Å²) in [4.78, 5) is 11.6. The average molecular weight is 306 g/mol. The van der Waals surface area contributed by atoms with Crippen molar-refractivity contribution in [1.82, 2.24) is 0 Å². The minimum absolute atomic E-state index is 0.0959. The summed E-state index contributed by atoms with van der Waals surface area (Å²) in [5, 5.41) is 2.07. The Morgan fingerprint density at radius 3 is 2.69 bits per heavy atom. The number of carbonyl (C=O) groups excluding carboxylic acids is 1. The number of thiol groups is 1. The summed E-state index contributed by atoms with van der Waals surface area (Å²) in [6.07, 6.45) is 0. The first kappa shape index (κ1) is 13.5. The molecule has 1 aromatic carbocycles. The van der Waals surface area contributed by atoms with Gasteiger partial charge in [-0.05, 0) is 24.1 Å². The molecule has 0 aliphatic carbocycles. The van der Waals surface area contributed by atoms with Gasteiger partial charge in [0.05, 0.1) is 10.9 Å². The Morgan fingerprint density at radius 1 is 1.50 bits per heavy atom. The quantitative estimate of drug-likeness (QED) is 0.823. The molecule has 0 aromatic heterocycles. The van der Waals surface area contributed by atoms with Crippen LogP contribution in [0.5, 0.6) is 0 Å². The van der Waals surface area contributed by atoms with Crippen LogP contribution in [0, 0.1) is 11.7 Å². The number of rotatable bonds is 3. The van der Waals surface area contributed by atoms with Crippen LogP contribution in [0.1, 0.15) is 13.8 Å². The van der Waals surface area contributed by atoms with Crippen LogP contribution in [0.4, 0.5) is 10.1 Å². The third kappa shape index (κ3) is 3.49. The van der Waals surface area contributed by atoms with Crippen LogP contribution >= 0.6 is 28.6 Å². The van der Waals surface area contributed by atoms with Crippen molar-refractivity contribution >= 4 is 40.2 Å². The number of anilines is 1. The second kappa shape index (κ2) is 5.68. The number of hydrogen-bond donors (Lipinski definition) is 2. The van der Waals surface area contributed by atoms with Gasteiger partial charge in [-0.25, -0.2) is 4.39 Å². The second-order valence-corrected chi connectivity index (χ2v) is 5.27. The monoisotopic (exact) mass is 305 g/mol. The Morgan fingerprint density at radius 2 is 2.12 bits per heavy atom. The molecule has 1 unspecified atom stereocenters. The van der Waals surface area contributed by atoms with E-state index in [4.69, 9.17) is 0 Å². The lowest BCUT2D eigenvalue weighted by molar-refractivity contribution is -0.116. The highest BCUT2D eigenvalue weighted by molar-refractivity contribution is 9.10. The first-order chi connectivity index (χ1) is 7.41. The summed E-state index contributed by atoms with van der Waals surface area (Å²) in [5.74, 6) is -0.658. The molecule has 0 aliphatic heterocycles. The summed E-state index contributed by atoms with van der Waals surface area (Å²) in [6, 6.07) is 4.39. The molecule has 1 aromatic rings. The molecule has 0 bridgehead atoms. The zero-order valence-corrected chi connectivity index (χ0v) is 11.5. The lowest BCUT2D eigenvalue weighted by atomic mass is 10.1. The number of hydrogen-bond acceptors (Lipinski definition) is 2. The molecule has 5 heteroatoms. The number of amides is 1. The molecule has 0 aliphatic rings. The number of halogens is 2. The zero-order valence-electron chi connectivity index (χ0n) is 9.00. The topological polar surface area (TPSA) is 29.1 Å². The minimum Gasteiger partial charge on any atom is -0.323 e. The molecule has 1 amide bonds. The average Bonchev–Trinajstić information content (AvgIpc) is 2.22. The van der Waals surface area contributed by atoms with Gasteiger partial charge in [-0.2, -0.15) is 12.6 Å². The summed E-state index contributed by atoms with van der Waals surface area (Å²) in [7, 11) is 0. The Bertz CT molecular complexity index is 398. The van der Waals surface area contributed by atoms with E-state index in [-0.39, 0.29) is 17.5 Å². The zero-order chi connectivity index (χ0) is 12.3. The fraction of sp³-hybridized carbons (Fsp3) is 0.364. The summed E-state index contributed by atoms with van der Waals surface area (Å²) in [6.45, 7) is 3.77. The van der Waals surface area contributed by atoms with Crippen molar-refractivity contribution in [1.29, 1.82) is 0 Å². The third-order valence-corrected chi connectivity index (χ3v) is 3.41. The first-order valence-corrected chi connectivity index (χ1v) is 6.16. The smallest absolute Gasteiger partial charge is 0.237 e. The highest BCUT2D eigenvalue weighted by Crippen LogP contribution is 2.21. The molecule has 0 heterocycles. The number of nitrogens with one attached hydrogen (secondary N) is 1. The fourth-order valence-electron chi connectivity index (χ4n) is 1.10. The Labute approximate surface area is 108 Å². The van der Waals surface area contributed by atoms with Crippen molar-refractivity contribution in [2.75, 3.05) is 5.32 Å². The SMILES string of the molecule is CC(C)C(S)C(=O)Nc1cc(Br)ccc1F. The number of carbonyl (C=O) groups is 1. The maximum atomic E-state index is 13.3. The molecule has 0 radical (unpaired) electrons. The van der Waals surface area contributed by atoms with E-state index in [1.807, 2.05) is 13.8 Å². The fourth-order valence-corrected chi connectivity index (χ4v) is 1.53. The van der Waals surface area contributed by atoms with Gasteiger partial charge in [-0.1, -0.05) is 29.8 Å². The molecule has 2 nitrogen and oxygen atoms in total. The van der Waals surface area contributed by atoms with Crippen molar-refractivity contribution in [3.63, 3.8) is 0 Å². The largest absolute Gasteiger partial charge is 0.323 e. The van der Waals surface area contributed by atoms with Crippen LogP contribution in [0.15, 0.2) is 22.7 Å². The van der Waals surface area contributed by atoms with E-state index < -0.39 is 11.1 Å². The van der Waals surface area contributed by atoms with E-state index in [9.17, 15) is 9.18 Å². The minimum atomic E-state index is -0.458. The predicted molar refractivity (Wildman–Crippen MR) is 70.3 cm³/mol. The summed E-state index contributed by atoms with van der Waals surface area (Å²) >= 11 is 7.38. The normalized spacial score (nSPS) is 12.6. The van der Waals surface area contributed by atoms with E-state index >= 15 is 0 Å². The molecular formula is C11H13BrFNOS. The van der Waals surface area contributed by atoms with Crippen molar-refractivity contribution in [2.24, 2.45) is 5.92 Å². The van der Waals surface area contributed by atoms with Gasteiger partial charge in [0.15, 0.2) is 0 Å². The van der Waals surface area contributed by atoms with E-state index in [2.05, 4.69) is 33.9 Å². The standard InChI is InChI=1S/C11H13BrFNOS/c1-6(2)10(16)11(15)14-9-5-7(12)3-4-8(9)13/h3-6,10,16H,1-2H3,(H,14,15). The Hall–Kier alpha value is -0.550. The van der Waals surface area contributed by atoms with E-state index in [0.717, 1.165) is 0 Å². The van der Waals surface area contributed by atoms with Gasteiger partial charge in [0.1, 0.15) is 5.82 Å². The molecule has 0 spiro atoms. The maximum Gasteiger partial charge on any atom is 0.237 e. The molecule has 1 atom stereocenters. The molecule has 1 N–H and O–H groups in total. The van der Waals surface area contributed by atoms with Gasteiger partial charge in [-0.3, -0.25) is 4.79 Å². The van der Waals surface area contributed by atoms with Crippen LogP contribution in [0.2, 0.25) is 0 Å². The van der Waals surface area contributed by atoms with Gasteiger partial charge in [0, 0.05) is 4.47 Å². The number of benzene rings is 1. The van der Waals surface area contributed by atoms with Crippen molar-refractivity contribution in [3.8, 4) is 0 Å². The van der Waals surface area contributed by atoms with Gasteiger partial charge < -0.3 is 5.32 Å². The van der Waals surface area contributed by atoms with Crippen LogP contribution in [0.3, 0.4) is 0 Å². The third-order valence-electron chi connectivity index (χ3n) is 2.09. The van der Waals surface area contributed by atoms with Crippen LogP contribution < -0.4 is 5.32 Å². The summed E-state index contributed by atoms with van der Waals surface area (Å²) < 4.78 is 14.0. The van der Waals surface area contributed by atoms with Crippen LogP contribution in [0.25, 0.3) is 0 Å². The molecule has 0 fully saturated rings. The van der Waals surface area contributed by atoms with E-state index in [0.29, 0.717) is 4.47 Å². The molecule has 0 saturated carbocycles. The van der Waals surface area contributed by atoms with Gasteiger partial charge in [-0.15, -0.1) is 0 Å². The van der Waals surface area contributed by atoms with Gasteiger partial charge in [0.2, 0.25) is 5.91 Å². The summed E-state index contributed by atoms with van der Waals surface area (Å²) in [5.41, 5.74) is 0.166. The molecule has 0 saturated heterocycles. The van der Waals surface area contributed by atoms with Gasteiger partial charge in [0.25, 0.3) is 0 Å². The lowest BCUT2D eigenvalue weighted by Crippen LogP contribution is -2.27. The van der Waals surface area contributed by atoms with E-state index in [1.165, 1.54) is 12.1 Å². The van der Waals surface area contributed by atoms with Crippen molar-refractivity contribution in [2.45, 2.75) is 19.1 Å². The Balaban J connectivity index is 2.80. The van der Waals surface area contributed by atoms with Crippen molar-refractivity contribution in [3.05, 3.63) is 28.5 Å². The second-order valence-electron chi connectivity index (χ2n) is 3.80. The van der Waals surface area contributed by atoms with Gasteiger partial charge >= 0.3 is 0 Å². The molecular weight excluding hydrogens is 293 g/mol. The van der Waals surface area contributed by atoms with Crippen LogP contribution in [-0.4, -0.2) is 11.2 Å². The van der Waals surface area contributed by atoms with E-state index in [1.54, 1.807) is 6.07 Å². The highest BCUT2D eigenvalue weighted by Gasteiger charge is 2.18. The van der Waals surface area contributed by atoms with Crippen LogP contribution in [-0.2, 0) is 4.79 Å². The Kier molecular flexibility index (Phi) is 4.80. The predicted octanol–water partition coefficient (Wildman–Crippen LogP) is 3.48. The molecule has 16 heavy (non-hydrogen) atoms. The van der Waals surface area contributed by atoms with Crippen molar-refractivity contribution < 1.29 is 9.18 Å². The maximum absolute atomic E-state index is 13.3. The highest BCUT2D eigenvalue weighted by atomic mass is 79.9. The lowest BCUT2D eigenvalue weighted by Gasteiger charge is -2.15. The molecule has 1 rings (SSSR count). The molecule has 88 valence electrons. The first-order valence-electron chi connectivity index (χ1n) is 4.86.